The zero-order valence-corrected chi connectivity index (χ0v) is 17.0. The quantitative estimate of drug-likeness (QED) is 0.510. The van der Waals surface area contributed by atoms with E-state index >= 15 is 0 Å². The maximum atomic E-state index is 12.5. The predicted molar refractivity (Wildman–Crippen MR) is 110 cm³/mol. The molecular formula is C19H16N4OS3. The van der Waals surface area contributed by atoms with Crippen molar-refractivity contribution in [3.8, 4) is 6.07 Å². The highest BCUT2D eigenvalue weighted by Gasteiger charge is 2.24. The summed E-state index contributed by atoms with van der Waals surface area (Å²) in [4.78, 5) is 25.1. The van der Waals surface area contributed by atoms with Crippen molar-refractivity contribution in [3.63, 3.8) is 0 Å². The van der Waals surface area contributed by atoms with Crippen LogP contribution in [0.1, 0.15) is 39.3 Å². The molecule has 0 unspecified atom stereocenters. The molecule has 0 radical (unpaired) electrons. The van der Waals surface area contributed by atoms with Crippen LogP contribution < -0.4 is 5.32 Å². The van der Waals surface area contributed by atoms with Gasteiger partial charge in [-0.25, -0.2) is 9.97 Å². The van der Waals surface area contributed by atoms with Gasteiger partial charge in [0, 0.05) is 15.1 Å². The Morgan fingerprint density at radius 1 is 1.15 bits per heavy atom. The Hall–Kier alpha value is -1.95. The molecular weight excluding hydrogens is 396 g/mol. The minimum Gasteiger partial charge on any atom is -0.316 e. The van der Waals surface area contributed by atoms with Gasteiger partial charge >= 0.3 is 0 Å². The van der Waals surface area contributed by atoms with Crippen molar-refractivity contribution >= 4 is 55.6 Å². The van der Waals surface area contributed by atoms with Crippen LogP contribution in [0, 0.1) is 11.3 Å². The standard InChI is InChI=1S/C19H16N4OS3/c20-7-12-10-3-1-5-13(10)26-17(12)23-15(24)8-25-18-16-11-4-2-6-14(11)27-19(16)22-9-21-18/h9H,1-6,8H2,(H,23,24). The van der Waals surface area contributed by atoms with Gasteiger partial charge in [-0.1, -0.05) is 11.8 Å². The van der Waals surface area contributed by atoms with Crippen LogP contribution in [0.2, 0.25) is 0 Å². The summed E-state index contributed by atoms with van der Waals surface area (Å²) >= 11 is 4.77. The molecule has 5 nitrogen and oxygen atoms in total. The molecule has 0 aliphatic heterocycles. The third-order valence-corrected chi connectivity index (χ3v) is 8.49. The maximum absolute atomic E-state index is 12.5. The van der Waals surface area contributed by atoms with E-state index in [1.54, 1.807) is 29.0 Å². The van der Waals surface area contributed by atoms with Crippen LogP contribution in [0.15, 0.2) is 11.4 Å². The van der Waals surface area contributed by atoms with E-state index in [0.717, 1.165) is 52.9 Å². The molecule has 3 aromatic rings. The Balaban J connectivity index is 1.33. The van der Waals surface area contributed by atoms with Crippen molar-refractivity contribution in [2.45, 2.75) is 43.6 Å². The minimum absolute atomic E-state index is 0.0879. The number of amides is 1. The number of nitriles is 1. The summed E-state index contributed by atoms with van der Waals surface area (Å²) < 4.78 is 0. The lowest BCUT2D eigenvalue weighted by atomic mass is 10.1. The number of fused-ring (bicyclic) bond motifs is 4. The minimum atomic E-state index is -0.0879. The highest BCUT2D eigenvalue weighted by atomic mass is 32.2. The van der Waals surface area contributed by atoms with E-state index in [1.807, 2.05) is 0 Å². The molecule has 2 aliphatic carbocycles. The molecule has 136 valence electrons. The smallest absolute Gasteiger partial charge is 0.235 e. The van der Waals surface area contributed by atoms with E-state index in [4.69, 9.17) is 0 Å². The molecule has 0 fully saturated rings. The van der Waals surface area contributed by atoms with Gasteiger partial charge in [-0.2, -0.15) is 5.26 Å². The van der Waals surface area contributed by atoms with E-state index in [0.29, 0.717) is 10.6 Å². The molecule has 0 spiro atoms. The number of hydrogen-bond donors (Lipinski definition) is 1. The fraction of sp³-hybridized carbons (Fsp3) is 0.368. The molecule has 0 bridgehead atoms. The first-order chi connectivity index (χ1) is 13.2. The highest BCUT2D eigenvalue weighted by Crippen LogP contribution is 2.41. The third-order valence-electron chi connectivity index (χ3n) is 5.09. The van der Waals surface area contributed by atoms with Gasteiger partial charge < -0.3 is 5.32 Å². The van der Waals surface area contributed by atoms with Crippen LogP contribution in [-0.4, -0.2) is 21.6 Å². The van der Waals surface area contributed by atoms with Gasteiger partial charge in [0.2, 0.25) is 5.91 Å². The van der Waals surface area contributed by atoms with Gasteiger partial charge in [0.1, 0.15) is 27.3 Å². The van der Waals surface area contributed by atoms with Gasteiger partial charge in [-0.05, 0) is 49.7 Å². The second kappa shape index (κ2) is 6.89. The zero-order chi connectivity index (χ0) is 18.4. The first-order valence-corrected chi connectivity index (χ1v) is 11.6. The van der Waals surface area contributed by atoms with Crippen molar-refractivity contribution in [1.82, 2.24) is 9.97 Å². The largest absolute Gasteiger partial charge is 0.316 e. The van der Waals surface area contributed by atoms with Crippen LogP contribution in [0.3, 0.4) is 0 Å². The molecule has 2 aliphatic rings. The van der Waals surface area contributed by atoms with Crippen LogP contribution in [0.4, 0.5) is 5.00 Å². The Morgan fingerprint density at radius 2 is 1.93 bits per heavy atom. The van der Waals surface area contributed by atoms with Gasteiger partial charge in [-0.15, -0.1) is 22.7 Å². The summed E-state index contributed by atoms with van der Waals surface area (Å²) in [5, 5.41) is 15.1. The maximum Gasteiger partial charge on any atom is 0.235 e. The molecule has 27 heavy (non-hydrogen) atoms. The number of anilines is 1. The lowest BCUT2D eigenvalue weighted by molar-refractivity contribution is -0.113. The predicted octanol–water partition coefficient (Wildman–Crippen LogP) is 4.33. The van der Waals surface area contributed by atoms with Crippen molar-refractivity contribution in [1.29, 1.82) is 5.26 Å². The SMILES string of the molecule is N#Cc1c(NC(=O)CSc2ncnc3sc4c(c23)CCC4)sc2c1CCC2. The average Bonchev–Trinajstić information content (AvgIpc) is 3.39. The Morgan fingerprint density at radius 3 is 2.74 bits per heavy atom. The highest BCUT2D eigenvalue weighted by molar-refractivity contribution is 8.00. The number of aromatic nitrogens is 2. The molecule has 3 heterocycles. The lowest BCUT2D eigenvalue weighted by Gasteiger charge is -2.05. The molecule has 1 N–H and O–H groups in total. The molecule has 0 atom stereocenters. The number of rotatable bonds is 4. The van der Waals surface area contributed by atoms with E-state index in [1.165, 1.54) is 33.5 Å². The Labute approximate surface area is 168 Å². The summed E-state index contributed by atoms with van der Waals surface area (Å²) in [6.07, 6.45) is 8.05. The number of nitrogens with one attached hydrogen (secondary N) is 1. The second-order valence-corrected chi connectivity index (χ2v) is 9.88. The number of thiophene rings is 2. The molecule has 0 aromatic carbocycles. The monoisotopic (exact) mass is 412 g/mol. The summed E-state index contributed by atoms with van der Waals surface area (Å²) in [6, 6.07) is 2.27. The number of thioether (sulfide) groups is 1. The van der Waals surface area contributed by atoms with Gasteiger partial charge in [0.05, 0.1) is 11.3 Å². The fourth-order valence-electron chi connectivity index (χ4n) is 3.92. The number of carbonyl (C=O) groups is 1. The van der Waals surface area contributed by atoms with Gasteiger partial charge in [0.15, 0.2) is 0 Å². The Bertz CT molecular complexity index is 1110. The third kappa shape index (κ3) is 2.94. The van der Waals surface area contributed by atoms with Crippen molar-refractivity contribution in [2.75, 3.05) is 11.1 Å². The number of aryl methyl sites for hydroxylation is 3. The molecule has 0 saturated carbocycles. The number of hydrogen-bond acceptors (Lipinski definition) is 7. The molecule has 1 amide bonds. The van der Waals surface area contributed by atoms with E-state index < -0.39 is 0 Å². The zero-order valence-electron chi connectivity index (χ0n) is 14.5. The fourth-order valence-corrected chi connectivity index (χ4v) is 7.29. The molecule has 5 rings (SSSR count). The molecule has 8 heteroatoms. The van der Waals surface area contributed by atoms with Crippen molar-refractivity contribution < 1.29 is 4.79 Å². The normalized spacial score (nSPS) is 14.9. The molecule has 3 aromatic heterocycles. The average molecular weight is 413 g/mol. The summed E-state index contributed by atoms with van der Waals surface area (Å²) in [7, 11) is 0. The van der Waals surface area contributed by atoms with E-state index in [2.05, 4.69) is 21.4 Å². The van der Waals surface area contributed by atoms with E-state index in [9.17, 15) is 10.1 Å². The number of nitrogens with zero attached hydrogens (tertiary/aromatic N) is 3. The second-order valence-electron chi connectivity index (χ2n) is 6.73. The van der Waals surface area contributed by atoms with Crippen LogP contribution in [0.5, 0.6) is 0 Å². The summed E-state index contributed by atoms with van der Waals surface area (Å²) in [5.41, 5.74) is 3.17. The molecule has 0 saturated heterocycles. The summed E-state index contributed by atoms with van der Waals surface area (Å²) in [5.74, 6) is 0.194. The lowest BCUT2D eigenvalue weighted by Crippen LogP contribution is -2.14. The van der Waals surface area contributed by atoms with Crippen LogP contribution in [-0.2, 0) is 30.5 Å². The Kier molecular flexibility index (Phi) is 4.38. The van der Waals surface area contributed by atoms with Crippen LogP contribution >= 0.6 is 34.4 Å². The summed E-state index contributed by atoms with van der Waals surface area (Å²) in [6.45, 7) is 0. The first-order valence-electron chi connectivity index (χ1n) is 8.97. The van der Waals surface area contributed by atoms with Crippen LogP contribution in [0.25, 0.3) is 10.2 Å². The van der Waals surface area contributed by atoms with E-state index in [-0.39, 0.29) is 11.7 Å². The van der Waals surface area contributed by atoms with Crippen molar-refractivity contribution in [3.05, 3.63) is 32.8 Å². The topological polar surface area (TPSA) is 78.7 Å². The van der Waals surface area contributed by atoms with Gasteiger partial charge in [0.25, 0.3) is 0 Å². The van der Waals surface area contributed by atoms with Gasteiger partial charge in [-0.3, -0.25) is 4.79 Å². The van der Waals surface area contributed by atoms with Crippen molar-refractivity contribution in [2.24, 2.45) is 0 Å². The first kappa shape index (κ1) is 17.2. The number of carbonyl (C=O) groups excluding carboxylic acids is 1.